The van der Waals surface area contributed by atoms with Crippen molar-refractivity contribution in [3.8, 4) is 0 Å². The van der Waals surface area contributed by atoms with Crippen LogP contribution in [-0.4, -0.2) is 68.0 Å². The maximum atomic E-state index is 12.1. The van der Waals surface area contributed by atoms with Gasteiger partial charge in [-0.2, -0.15) is 0 Å². The summed E-state index contributed by atoms with van der Waals surface area (Å²) in [6.07, 6.45) is 1.53. The van der Waals surface area contributed by atoms with Gasteiger partial charge in [0.05, 0.1) is 7.11 Å². The summed E-state index contributed by atoms with van der Waals surface area (Å²) in [5, 5.41) is 2.56. The van der Waals surface area contributed by atoms with Gasteiger partial charge in [0.2, 0.25) is 17.7 Å². The van der Waals surface area contributed by atoms with Crippen molar-refractivity contribution in [3.63, 3.8) is 0 Å². The SMILES string of the molecule is COC(=O)C(CC(C)C)NC(=O)COCC(=O)N1CCC(C(N)=O)CC1. The molecule has 1 heterocycles. The molecule has 1 aliphatic rings. The first-order chi connectivity index (χ1) is 12.2. The number of likely N-dealkylation sites (tertiary alicyclic amines) is 1. The van der Waals surface area contributed by atoms with Gasteiger partial charge < -0.3 is 25.4 Å². The first kappa shape index (κ1) is 21.9. The molecule has 0 saturated carbocycles. The van der Waals surface area contributed by atoms with Gasteiger partial charge in [0, 0.05) is 19.0 Å². The van der Waals surface area contributed by atoms with Crippen LogP contribution in [0.2, 0.25) is 0 Å². The summed E-state index contributed by atoms with van der Waals surface area (Å²) < 4.78 is 9.83. The zero-order chi connectivity index (χ0) is 19.7. The van der Waals surface area contributed by atoms with E-state index < -0.39 is 17.9 Å². The number of amides is 3. The van der Waals surface area contributed by atoms with Crippen LogP contribution in [0.4, 0.5) is 0 Å². The maximum absolute atomic E-state index is 12.1. The molecule has 0 aromatic heterocycles. The molecule has 3 amide bonds. The second-order valence-electron chi connectivity index (χ2n) is 6.82. The van der Waals surface area contributed by atoms with E-state index in [1.54, 1.807) is 4.90 Å². The van der Waals surface area contributed by atoms with Crippen LogP contribution >= 0.6 is 0 Å². The first-order valence-electron chi connectivity index (χ1n) is 8.76. The topological polar surface area (TPSA) is 128 Å². The molecule has 9 heteroatoms. The Labute approximate surface area is 153 Å². The third-order valence-corrected chi connectivity index (χ3v) is 4.24. The molecule has 148 valence electrons. The Morgan fingerprint density at radius 3 is 2.27 bits per heavy atom. The lowest BCUT2D eigenvalue weighted by Gasteiger charge is -2.30. The van der Waals surface area contributed by atoms with Crippen LogP contribution in [0.25, 0.3) is 0 Å². The number of hydrogen-bond acceptors (Lipinski definition) is 6. The number of carbonyl (C=O) groups excluding carboxylic acids is 4. The summed E-state index contributed by atoms with van der Waals surface area (Å²) in [4.78, 5) is 48.4. The Bertz CT molecular complexity index is 515. The smallest absolute Gasteiger partial charge is 0.328 e. The minimum Gasteiger partial charge on any atom is -0.467 e. The van der Waals surface area contributed by atoms with Crippen molar-refractivity contribution in [1.29, 1.82) is 0 Å². The molecule has 1 aliphatic heterocycles. The van der Waals surface area contributed by atoms with Gasteiger partial charge in [0.25, 0.3) is 0 Å². The number of piperidine rings is 1. The molecule has 0 aliphatic carbocycles. The van der Waals surface area contributed by atoms with Gasteiger partial charge in [0.15, 0.2) is 0 Å². The van der Waals surface area contributed by atoms with E-state index >= 15 is 0 Å². The van der Waals surface area contributed by atoms with Crippen molar-refractivity contribution in [2.45, 2.75) is 39.2 Å². The molecule has 0 bridgehead atoms. The van der Waals surface area contributed by atoms with Crippen LogP contribution in [0.1, 0.15) is 33.1 Å². The molecule has 0 aromatic rings. The number of primary amides is 1. The van der Waals surface area contributed by atoms with E-state index in [0.29, 0.717) is 32.4 Å². The predicted molar refractivity (Wildman–Crippen MR) is 92.7 cm³/mol. The number of nitrogens with one attached hydrogen (secondary N) is 1. The summed E-state index contributed by atoms with van der Waals surface area (Å²) in [5.41, 5.74) is 5.26. The van der Waals surface area contributed by atoms with Gasteiger partial charge in [-0.05, 0) is 25.2 Å². The summed E-state index contributed by atoms with van der Waals surface area (Å²) in [7, 11) is 1.26. The molecule has 1 atom stereocenters. The molecule has 1 saturated heterocycles. The number of esters is 1. The van der Waals surface area contributed by atoms with Crippen LogP contribution in [0.3, 0.4) is 0 Å². The molecular formula is C17H29N3O6. The Morgan fingerprint density at radius 2 is 1.77 bits per heavy atom. The molecule has 1 fully saturated rings. The van der Waals surface area contributed by atoms with Crippen LogP contribution in [0.5, 0.6) is 0 Å². The monoisotopic (exact) mass is 371 g/mol. The van der Waals surface area contributed by atoms with Crippen LogP contribution < -0.4 is 11.1 Å². The van der Waals surface area contributed by atoms with Crippen LogP contribution in [-0.2, 0) is 28.7 Å². The van der Waals surface area contributed by atoms with E-state index in [9.17, 15) is 19.2 Å². The fourth-order valence-corrected chi connectivity index (χ4v) is 2.80. The quantitative estimate of drug-likeness (QED) is 0.523. The van der Waals surface area contributed by atoms with Crippen molar-refractivity contribution in [3.05, 3.63) is 0 Å². The third kappa shape index (κ3) is 7.38. The Morgan fingerprint density at radius 1 is 1.15 bits per heavy atom. The lowest BCUT2D eigenvalue weighted by atomic mass is 9.96. The molecule has 0 radical (unpaired) electrons. The molecule has 1 unspecified atom stereocenters. The highest BCUT2D eigenvalue weighted by Crippen LogP contribution is 2.16. The zero-order valence-corrected chi connectivity index (χ0v) is 15.7. The fourth-order valence-electron chi connectivity index (χ4n) is 2.80. The lowest BCUT2D eigenvalue weighted by Crippen LogP contribution is -2.45. The standard InChI is InChI=1S/C17H29N3O6/c1-11(2)8-13(17(24)25-3)19-14(21)9-26-10-15(22)20-6-4-12(5-7-20)16(18)23/h11-13H,4-10H2,1-3H3,(H2,18,23)(H,19,21). The largest absolute Gasteiger partial charge is 0.467 e. The van der Waals surface area contributed by atoms with Crippen LogP contribution in [0, 0.1) is 11.8 Å². The van der Waals surface area contributed by atoms with Gasteiger partial charge in [0.1, 0.15) is 19.3 Å². The van der Waals surface area contributed by atoms with Crippen molar-refractivity contribution < 1.29 is 28.7 Å². The minimum atomic E-state index is -0.736. The fraction of sp³-hybridized carbons (Fsp3) is 0.765. The Kier molecular flexibility index (Phi) is 9.04. The number of nitrogens with zero attached hydrogens (tertiary/aromatic N) is 1. The Balaban J connectivity index is 2.33. The van der Waals surface area contributed by atoms with Gasteiger partial charge in [-0.25, -0.2) is 4.79 Å². The molecule has 9 nitrogen and oxygen atoms in total. The summed E-state index contributed by atoms with van der Waals surface area (Å²) in [6.45, 7) is 4.19. The normalized spacial score (nSPS) is 16.2. The second kappa shape index (κ2) is 10.7. The van der Waals surface area contributed by atoms with Gasteiger partial charge >= 0.3 is 5.97 Å². The molecule has 3 N–H and O–H groups in total. The highest BCUT2D eigenvalue weighted by atomic mass is 16.5. The minimum absolute atomic E-state index is 0.193. The third-order valence-electron chi connectivity index (χ3n) is 4.24. The van der Waals surface area contributed by atoms with Gasteiger partial charge in [-0.3, -0.25) is 14.4 Å². The van der Waals surface area contributed by atoms with E-state index in [0.717, 1.165) is 0 Å². The van der Waals surface area contributed by atoms with Crippen molar-refractivity contribution in [1.82, 2.24) is 10.2 Å². The van der Waals surface area contributed by atoms with E-state index in [1.165, 1.54) is 7.11 Å². The van der Waals surface area contributed by atoms with Crippen molar-refractivity contribution in [2.75, 3.05) is 33.4 Å². The number of ether oxygens (including phenoxy) is 2. The van der Waals surface area contributed by atoms with E-state index in [4.69, 9.17) is 10.5 Å². The van der Waals surface area contributed by atoms with Crippen molar-refractivity contribution in [2.24, 2.45) is 17.6 Å². The molecule has 0 aromatic carbocycles. The predicted octanol–water partition coefficient (Wildman–Crippen LogP) is -0.569. The maximum Gasteiger partial charge on any atom is 0.328 e. The molecule has 26 heavy (non-hydrogen) atoms. The van der Waals surface area contributed by atoms with Crippen molar-refractivity contribution >= 4 is 23.7 Å². The van der Waals surface area contributed by atoms with E-state index in [1.807, 2.05) is 13.8 Å². The number of rotatable bonds is 9. The number of methoxy groups -OCH3 is 1. The highest BCUT2D eigenvalue weighted by molar-refractivity contribution is 5.85. The molecular weight excluding hydrogens is 342 g/mol. The molecule has 1 rings (SSSR count). The average Bonchev–Trinajstić information content (AvgIpc) is 2.60. The lowest BCUT2D eigenvalue weighted by molar-refractivity contribution is -0.147. The zero-order valence-electron chi connectivity index (χ0n) is 15.7. The van der Waals surface area contributed by atoms with Gasteiger partial charge in [-0.15, -0.1) is 0 Å². The summed E-state index contributed by atoms with van der Waals surface area (Å²) in [5.74, 6) is -1.58. The second-order valence-corrected chi connectivity index (χ2v) is 6.82. The number of carbonyl (C=O) groups is 4. The average molecular weight is 371 g/mol. The van der Waals surface area contributed by atoms with E-state index in [-0.39, 0.29) is 36.9 Å². The highest BCUT2D eigenvalue weighted by Gasteiger charge is 2.26. The van der Waals surface area contributed by atoms with E-state index in [2.05, 4.69) is 10.1 Å². The summed E-state index contributed by atoms with van der Waals surface area (Å²) >= 11 is 0. The van der Waals surface area contributed by atoms with Crippen LogP contribution in [0.15, 0.2) is 0 Å². The number of hydrogen-bond donors (Lipinski definition) is 2. The molecule has 0 spiro atoms. The number of nitrogens with two attached hydrogens (primary N) is 1. The summed E-state index contributed by atoms with van der Waals surface area (Å²) in [6, 6.07) is -0.736. The Hall–Kier alpha value is -2.16. The first-order valence-corrected chi connectivity index (χ1v) is 8.76. The van der Waals surface area contributed by atoms with Gasteiger partial charge in [-0.1, -0.05) is 13.8 Å².